The zero-order valence-electron chi connectivity index (χ0n) is 15.8. The van der Waals surface area contributed by atoms with Crippen molar-refractivity contribution in [2.45, 2.75) is 33.1 Å². The lowest BCUT2D eigenvalue weighted by molar-refractivity contribution is -0.149. The van der Waals surface area contributed by atoms with Gasteiger partial charge < -0.3 is 14.9 Å². The lowest BCUT2D eigenvalue weighted by atomic mass is 9.84. The van der Waals surface area contributed by atoms with Gasteiger partial charge in [-0.2, -0.15) is 0 Å². The van der Waals surface area contributed by atoms with Gasteiger partial charge in [-0.15, -0.1) is 0 Å². The molecule has 1 unspecified atom stereocenters. The van der Waals surface area contributed by atoms with E-state index in [1.54, 1.807) is 11.9 Å². The monoisotopic (exact) mass is 360 g/mol. The number of piperidine rings is 1. The number of hydrogen-bond donors (Lipinski definition) is 1. The highest BCUT2D eigenvalue weighted by Crippen LogP contribution is 2.24. The first kappa shape index (κ1) is 19.9. The normalized spacial score (nSPS) is 17.7. The number of carboxylic acids is 1. The number of carbonyl (C=O) groups excluding carboxylic acids is 2. The second-order valence-electron chi connectivity index (χ2n) is 7.72. The Balaban J connectivity index is 1.95. The quantitative estimate of drug-likeness (QED) is 0.842. The minimum Gasteiger partial charge on any atom is -0.481 e. The molecule has 0 radical (unpaired) electrons. The van der Waals surface area contributed by atoms with Crippen molar-refractivity contribution in [1.29, 1.82) is 0 Å². The van der Waals surface area contributed by atoms with Crippen LogP contribution in [0.15, 0.2) is 30.3 Å². The van der Waals surface area contributed by atoms with Gasteiger partial charge in [0.1, 0.15) is 0 Å². The highest BCUT2D eigenvalue weighted by atomic mass is 16.4. The van der Waals surface area contributed by atoms with Crippen LogP contribution in [0.1, 0.15) is 32.3 Å². The van der Waals surface area contributed by atoms with Gasteiger partial charge in [0.25, 0.3) is 0 Å². The van der Waals surface area contributed by atoms with Crippen molar-refractivity contribution in [2.24, 2.45) is 11.3 Å². The molecule has 1 atom stereocenters. The first-order valence-corrected chi connectivity index (χ1v) is 9.01. The summed E-state index contributed by atoms with van der Waals surface area (Å²) in [7, 11) is 1.63. The van der Waals surface area contributed by atoms with Crippen molar-refractivity contribution in [3.63, 3.8) is 0 Å². The van der Waals surface area contributed by atoms with Gasteiger partial charge in [0.2, 0.25) is 11.8 Å². The lowest BCUT2D eigenvalue weighted by Gasteiger charge is -2.34. The molecule has 1 saturated heterocycles. The Bertz CT molecular complexity index is 657. The van der Waals surface area contributed by atoms with Crippen molar-refractivity contribution < 1.29 is 19.5 Å². The summed E-state index contributed by atoms with van der Waals surface area (Å²) in [6.07, 6.45) is 1.87. The van der Waals surface area contributed by atoms with Crippen LogP contribution in [0.2, 0.25) is 0 Å². The Morgan fingerprint density at radius 1 is 1.23 bits per heavy atom. The molecule has 0 saturated carbocycles. The average molecular weight is 360 g/mol. The molecule has 1 N–H and O–H groups in total. The Kier molecular flexibility index (Phi) is 6.40. The lowest BCUT2D eigenvalue weighted by Crippen LogP contribution is -2.49. The standard InChI is InChI=1S/C20H28N2O4/c1-20(2,12-15-8-5-4-6-9-15)19(26)21(3)14-17(23)22-11-7-10-16(13-22)18(24)25/h4-6,8-9,16H,7,10-14H2,1-3H3,(H,24,25). The SMILES string of the molecule is CN(CC(=O)N1CCCC(C(=O)O)C1)C(=O)C(C)(C)Cc1ccccc1. The number of carbonyl (C=O) groups is 3. The van der Waals surface area contributed by atoms with Crippen molar-refractivity contribution in [1.82, 2.24) is 9.80 Å². The molecule has 0 bridgehead atoms. The summed E-state index contributed by atoms with van der Waals surface area (Å²) in [5.41, 5.74) is 0.452. The van der Waals surface area contributed by atoms with E-state index < -0.39 is 17.3 Å². The summed E-state index contributed by atoms with van der Waals surface area (Å²) in [5, 5.41) is 9.15. The average Bonchev–Trinajstić information content (AvgIpc) is 2.61. The van der Waals surface area contributed by atoms with Gasteiger partial charge in [-0.3, -0.25) is 14.4 Å². The van der Waals surface area contributed by atoms with Crippen LogP contribution in [0.25, 0.3) is 0 Å². The minimum atomic E-state index is -0.865. The number of amides is 2. The minimum absolute atomic E-state index is 0.0244. The van der Waals surface area contributed by atoms with E-state index in [4.69, 9.17) is 5.11 Å². The summed E-state index contributed by atoms with van der Waals surface area (Å²) in [5.74, 6) is -1.66. The highest BCUT2D eigenvalue weighted by Gasteiger charge is 2.33. The van der Waals surface area contributed by atoms with E-state index in [0.29, 0.717) is 25.8 Å². The molecular formula is C20H28N2O4. The van der Waals surface area contributed by atoms with Crippen LogP contribution in [0.3, 0.4) is 0 Å². The van der Waals surface area contributed by atoms with E-state index in [1.807, 2.05) is 44.2 Å². The van der Waals surface area contributed by atoms with Crippen LogP contribution in [0, 0.1) is 11.3 Å². The van der Waals surface area contributed by atoms with Gasteiger partial charge in [0.05, 0.1) is 12.5 Å². The predicted molar refractivity (Wildman–Crippen MR) is 98.5 cm³/mol. The molecule has 1 aliphatic rings. The van der Waals surface area contributed by atoms with Crippen molar-refractivity contribution in [3.8, 4) is 0 Å². The Hall–Kier alpha value is -2.37. The summed E-state index contributed by atoms with van der Waals surface area (Å²) in [4.78, 5) is 39.5. The van der Waals surface area contributed by atoms with Crippen LogP contribution in [0.5, 0.6) is 0 Å². The molecule has 0 aliphatic carbocycles. The summed E-state index contributed by atoms with van der Waals surface area (Å²) in [6, 6.07) is 9.79. The molecule has 26 heavy (non-hydrogen) atoms. The third kappa shape index (κ3) is 5.07. The third-order valence-corrected chi connectivity index (χ3v) is 4.91. The molecule has 1 aromatic rings. The molecule has 1 aromatic carbocycles. The second-order valence-corrected chi connectivity index (χ2v) is 7.72. The van der Waals surface area contributed by atoms with Crippen LogP contribution >= 0.6 is 0 Å². The highest BCUT2D eigenvalue weighted by molar-refractivity contribution is 5.88. The number of carboxylic acid groups (broad SMARTS) is 1. The predicted octanol–water partition coefficient (Wildman–Crippen LogP) is 2.04. The Labute approximate surface area is 154 Å². The van der Waals surface area contributed by atoms with Crippen molar-refractivity contribution in [2.75, 3.05) is 26.7 Å². The van der Waals surface area contributed by atoms with Crippen LogP contribution < -0.4 is 0 Å². The maximum Gasteiger partial charge on any atom is 0.308 e. The molecular weight excluding hydrogens is 332 g/mol. The fraction of sp³-hybridized carbons (Fsp3) is 0.550. The van der Waals surface area contributed by atoms with E-state index in [-0.39, 0.29) is 24.9 Å². The molecule has 1 heterocycles. The number of likely N-dealkylation sites (tertiary alicyclic amines) is 1. The van der Waals surface area contributed by atoms with Gasteiger partial charge in [-0.05, 0) is 24.8 Å². The molecule has 0 aromatic heterocycles. The van der Waals surface area contributed by atoms with Crippen molar-refractivity contribution in [3.05, 3.63) is 35.9 Å². The molecule has 142 valence electrons. The number of benzene rings is 1. The maximum absolute atomic E-state index is 12.8. The Morgan fingerprint density at radius 2 is 1.88 bits per heavy atom. The Morgan fingerprint density at radius 3 is 2.50 bits per heavy atom. The molecule has 1 aliphatic heterocycles. The summed E-state index contributed by atoms with van der Waals surface area (Å²) < 4.78 is 0. The molecule has 2 amide bonds. The van der Waals surface area contributed by atoms with Crippen LogP contribution in [-0.4, -0.2) is 59.4 Å². The van der Waals surface area contributed by atoms with E-state index in [2.05, 4.69) is 0 Å². The van der Waals surface area contributed by atoms with Gasteiger partial charge in [-0.1, -0.05) is 44.2 Å². The molecule has 6 nitrogen and oxygen atoms in total. The molecule has 0 spiro atoms. The van der Waals surface area contributed by atoms with Gasteiger partial charge in [-0.25, -0.2) is 0 Å². The van der Waals surface area contributed by atoms with Gasteiger partial charge >= 0.3 is 5.97 Å². The zero-order valence-corrected chi connectivity index (χ0v) is 15.8. The van der Waals surface area contributed by atoms with E-state index >= 15 is 0 Å². The molecule has 2 rings (SSSR count). The first-order valence-electron chi connectivity index (χ1n) is 9.01. The number of aliphatic carboxylic acids is 1. The third-order valence-electron chi connectivity index (χ3n) is 4.91. The van der Waals surface area contributed by atoms with Crippen molar-refractivity contribution >= 4 is 17.8 Å². The van der Waals surface area contributed by atoms with E-state index in [9.17, 15) is 14.4 Å². The second kappa shape index (κ2) is 8.34. The number of nitrogens with zero attached hydrogens (tertiary/aromatic N) is 2. The van der Waals surface area contributed by atoms with Gasteiger partial charge in [0.15, 0.2) is 0 Å². The number of hydrogen-bond acceptors (Lipinski definition) is 3. The van der Waals surface area contributed by atoms with E-state index in [0.717, 1.165) is 5.56 Å². The largest absolute Gasteiger partial charge is 0.481 e. The fourth-order valence-electron chi connectivity index (χ4n) is 3.48. The van der Waals surface area contributed by atoms with Crippen LogP contribution in [-0.2, 0) is 20.8 Å². The molecule has 6 heteroatoms. The maximum atomic E-state index is 12.8. The summed E-state index contributed by atoms with van der Waals surface area (Å²) >= 11 is 0. The first-order chi connectivity index (χ1) is 12.2. The topological polar surface area (TPSA) is 77.9 Å². The fourth-order valence-corrected chi connectivity index (χ4v) is 3.48. The number of rotatable bonds is 6. The zero-order chi connectivity index (χ0) is 19.3. The van der Waals surface area contributed by atoms with E-state index in [1.165, 1.54) is 4.90 Å². The smallest absolute Gasteiger partial charge is 0.308 e. The van der Waals surface area contributed by atoms with Gasteiger partial charge in [0, 0.05) is 25.6 Å². The summed E-state index contributed by atoms with van der Waals surface area (Å²) in [6.45, 7) is 4.51. The number of likely N-dealkylation sites (N-methyl/N-ethyl adjacent to an activating group) is 1. The molecule has 1 fully saturated rings. The van der Waals surface area contributed by atoms with Crippen LogP contribution in [0.4, 0.5) is 0 Å².